The Kier molecular flexibility index (Phi) is 5.06. The number of likely N-dealkylation sites (N-methyl/N-ethyl adjacent to an activating group) is 1. The van der Waals surface area contributed by atoms with Crippen molar-refractivity contribution in [1.29, 1.82) is 5.26 Å². The lowest BCUT2D eigenvalue weighted by molar-refractivity contribution is -0.129. The minimum atomic E-state index is -3.63. The molecule has 0 bridgehead atoms. The second-order valence-electron chi connectivity index (χ2n) is 7.19. The van der Waals surface area contributed by atoms with Gasteiger partial charge in [0.05, 0.1) is 16.5 Å². The van der Waals surface area contributed by atoms with Crippen molar-refractivity contribution < 1.29 is 13.2 Å². The van der Waals surface area contributed by atoms with Crippen LogP contribution < -0.4 is 0 Å². The third-order valence-corrected chi connectivity index (χ3v) is 7.59. The number of hydrogen-bond acceptors (Lipinski definition) is 5. The second kappa shape index (κ2) is 6.99. The summed E-state index contributed by atoms with van der Waals surface area (Å²) in [6.07, 6.45) is 1.85. The highest BCUT2D eigenvalue weighted by Gasteiger charge is 2.44. The molecule has 2 saturated heterocycles. The lowest BCUT2D eigenvalue weighted by Crippen LogP contribution is -2.62. The Bertz CT molecular complexity index is 831. The van der Waals surface area contributed by atoms with E-state index in [1.165, 1.54) is 28.6 Å². The Hall–Kier alpha value is -1.95. The number of rotatable bonds is 2. The van der Waals surface area contributed by atoms with Crippen LogP contribution in [0.25, 0.3) is 0 Å². The van der Waals surface area contributed by atoms with Gasteiger partial charge in [0.1, 0.15) is 0 Å². The number of likely N-dealkylation sites (tertiary alicyclic amines) is 1. The van der Waals surface area contributed by atoms with E-state index in [0.29, 0.717) is 44.6 Å². The van der Waals surface area contributed by atoms with Gasteiger partial charge in [-0.2, -0.15) is 9.57 Å². The summed E-state index contributed by atoms with van der Waals surface area (Å²) in [6.45, 7) is 2.07. The molecule has 0 saturated carbocycles. The number of hydrogen-bond donors (Lipinski definition) is 0. The number of sulfonamides is 1. The molecule has 1 atom stereocenters. The molecule has 8 heteroatoms. The van der Waals surface area contributed by atoms with Gasteiger partial charge in [0.15, 0.2) is 0 Å². The zero-order chi connectivity index (χ0) is 18.9. The van der Waals surface area contributed by atoms with E-state index >= 15 is 0 Å². The van der Waals surface area contributed by atoms with E-state index in [2.05, 4.69) is 4.90 Å². The Labute approximate surface area is 154 Å². The van der Waals surface area contributed by atoms with Gasteiger partial charge in [-0.25, -0.2) is 8.42 Å². The average Bonchev–Trinajstić information content (AvgIpc) is 2.78. The maximum Gasteiger partial charge on any atom is 0.243 e. The number of piperazine rings is 1. The van der Waals surface area contributed by atoms with E-state index in [-0.39, 0.29) is 16.3 Å². The lowest BCUT2D eigenvalue weighted by Gasteiger charge is -2.48. The Morgan fingerprint density at radius 1 is 1.08 bits per heavy atom. The third kappa shape index (κ3) is 3.34. The zero-order valence-corrected chi connectivity index (χ0v) is 16.0. The maximum absolute atomic E-state index is 13.1. The Morgan fingerprint density at radius 3 is 2.42 bits per heavy atom. The fourth-order valence-corrected chi connectivity index (χ4v) is 5.29. The molecule has 1 aromatic rings. The molecule has 1 aromatic carbocycles. The van der Waals surface area contributed by atoms with Crippen LogP contribution in [0.2, 0.25) is 0 Å². The highest BCUT2D eigenvalue weighted by molar-refractivity contribution is 7.89. The van der Waals surface area contributed by atoms with Gasteiger partial charge in [0.2, 0.25) is 15.9 Å². The van der Waals surface area contributed by atoms with Crippen LogP contribution >= 0.6 is 0 Å². The van der Waals surface area contributed by atoms with Crippen LogP contribution in [0.4, 0.5) is 0 Å². The quantitative estimate of drug-likeness (QED) is 0.765. The van der Waals surface area contributed by atoms with Crippen molar-refractivity contribution in [3.8, 4) is 6.07 Å². The molecule has 0 aromatic heterocycles. The first-order chi connectivity index (χ1) is 12.3. The minimum absolute atomic E-state index is 0.113. The first-order valence-corrected chi connectivity index (χ1v) is 10.2. The molecule has 7 nitrogen and oxygen atoms in total. The summed E-state index contributed by atoms with van der Waals surface area (Å²) in [5.74, 6) is 0.113. The maximum atomic E-state index is 13.1. The van der Waals surface area contributed by atoms with Gasteiger partial charge in [0, 0.05) is 45.2 Å². The highest BCUT2D eigenvalue weighted by Crippen LogP contribution is 2.34. The molecular weight excluding hydrogens is 352 g/mol. The molecule has 0 radical (unpaired) electrons. The zero-order valence-electron chi connectivity index (χ0n) is 15.2. The molecule has 1 amide bonds. The third-order valence-electron chi connectivity index (χ3n) is 5.73. The van der Waals surface area contributed by atoms with Crippen molar-refractivity contribution in [2.45, 2.75) is 29.7 Å². The molecular formula is C18H24N4O3S. The molecule has 2 fully saturated rings. The van der Waals surface area contributed by atoms with Crippen molar-refractivity contribution in [1.82, 2.24) is 14.1 Å². The number of nitriles is 1. The molecule has 26 heavy (non-hydrogen) atoms. The molecule has 2 heterocycles. The standard InChI is InChI=1S/C18H24N4O3S/c1-20-10-9-18(8-7-17(20)23)14-22(12-11-21(18)2)26(24,25)16-5-3-15(13-19)4-6-16/h3-6H,7-12,14H2,1-2H3/t18-/m0/s1. The van der Waals surface area contributed by atoms with Gasteiger partial charge in [-0.15, -0.1) is 0 Å². The molecule has 0 N–H and O–H groups in total. The predicted octanol–water partition coefficient (Wildman–Crippen LogP) is 0.875. The monoisotopic (exact) mass is 376 g/mol. The van der Waals surface area contributed by atoms with Gasteiger partial charge in [-0.05, 0) is 44.2 Å². The lowest BCUT2D eigenvalue weighted by atomic mass is 9.87. The van der Waals surface area contributed by atoms with Crippen molar-refractivity contribution in [3.63, 3.8) is 0 Å². The van der Waals surface area contributed by atoms with Gasteiger partial charge in [-0.1, -0.05) is 0 Å². The smallest absolute Gasteiger partial charge is 0.243 e. The SMILES string of the molecule is CN1CC[C@@]2(CCC1=O)CN(S(=O)(=O)c1ccc(C#N)cc1)CCN2C. The molecule has 2 aliphatic heterocycles. The van der Waals surface area contributed by atoms with Gasteiger partial charge < -0.3 is 4.90 Å². The number of nitrogens with zero attached hydrogens (tertiary/aromatic N) is 4. The summed E-state index contributed by atoms with van der Waals surface area (Å²) < 4.78 is 27.7. The molecule has 0 aliphatic carbocycles. The molecule has 2 aliphatic rings. The van der Waals surface area contributed by atoms with Gasteiger partial charge >= 0.3 is 0 Å². The van der Waals surface area contributed by atoms with E-state index in [1.807, 2.05) is 13.1 Å². The largest absolute Gasteiger partial charge is 0.346 e. The summed E-state index contributed by atoms with van der Waals surface area (Å²) in [5, 5.41) is 8.90. The van der Waals surface area contributed by atoms with Crippen LogP contribution in [0.5, 0.6) is 0 Å². The fraction of sp³-hybridized carbons (Fsp3) is 0.556. The summed E-state index contributed by atoms with van der Waals surface area (Å²) in [6, 6.07) is 8.03. The van der Waals surface area contributed by atoms with E-state index in [4.69, 9.17) is 5.26 Å². The molecule has 0 unspecified atom stereocenters. The number of benzene rings is 1. The van der Waals surface area contributed by atoms with Crippen molar-refractivity contribution >= 4 is 15.9 Å². The number of amides is 1. The Balaban J connectivity index is 1.87. The van der Waals surface area contributed by atoms with Gasteiger partial charge in [0.25, 0.3) is 0 Å². The first-order valence-electron chi connectivity index (χ1n) is 8.74. The van der Waals surface area contributed by atoms with E-state index in [1.54, 1.807) is 11.9 Å². The van der Waals surface area contributed by atoms with Crippen molar-refractivity contribution in [2.24, 2.45) is 0 Å². The van der Waals surface area contributed by atoms with E-state index in [0.717, 1.165) is 6.42 Å². The van der Waals surface area contributed by atoms with Crippen molar-refractivity contribution in [2.75, 3.05) is 40.3 Å². The summed E-state index contributed by atoms with van der Waals surface area (Å²) in [5.41, 5.74) is 0.113. The number of carbonyl (C=O) groups is 1. The molecule has 3 rings (SSSR count). The molecule has 140 valence electrons. The summed E-state index contributed by atoms with van der Waals surface area (Å²) >= 11 is 0. The van der Waals surface area contributed by atoms with Crippen LogP contribution in [-0.4, -0.2) is 74.2 Å². The molecule has 1 spiro atoms. The van der Waals surface area contributed by atoms with Crippen LogP contribution in [-0.2, 0) is 14.8 Å². The average molecular weight is 376 g/mol. The van der Waals surface area contributed by atoms with Gasteiger partial charge in [-0.3, -0.25) is 9.69 Å². The summed E-state index contributed by atoms with van der Waals surface area (Å²) in [4.78, 5) is 16.2. The van der Waals surface area contributed by atoms with Crippen LogP contribution in [0.1, 0.15) is 24.8 Å². The van der Waals surface area contributed by atoms with E-state index in [9.17, 15) is 13.2 Å². The van der Waals surface area contributed by atoms with Crippen molar-refractivity contribution in [3.05, 3.63) is 29.8 Å². The summed E-state index contributed by atoms with van der Waals surface area (Å²) in [7, 11) is 0.190. The van der Waals surface area contributed by atoms with E-state index < -0.39 is 10.0 Å². The topological polar surface area (TPSA) is 84.7 Å². The van der Waals surface area contributed by atoms with Crippen LogP contribution in [0.15, 0.2) is 29.2 Å². The number of carbonyl (C=O) groups excluding carboxylic acids is 1. The minimum Gasteiger partial charge on any atom is -0.346 e. The van der Waals surface area contributed by atoms with Crippen LogP contribution in [0.3, 0.4) is 0 Å². The second-order valence-corrected chi connectivity index (χ2v) is 9.12. The highest BCUT2D eigenvalue weighted by atomic mass is 32.2. The first kappa shape index (κ1) is 18.8. The normalized spacial score (nSPS) is 25.9. The predicted molar refractivity (Wildman–Crippen MR) is 96.8 cm³/mol. The Morgan fingerprint density at radius 2 is 1.77 bits per heavy atom. The van der Waals surface area contributed by atoms with Crippen LogP contribution in [0, 0.1) is 11.3 Å². The fourth-order valence-electron chi connectivity index (χ4n) is 3.78.